The van der Waals surface area contributed by atoms with Gasteiger partial charge in [0.05, 0.1) is 0 Å². The first-order valence-corrected chi connectivity index (χ1v) is 6.15. The van der Waals surface area contributed by atoms with E-state index in [1.807, 2.05) is 0 Å². The second-order valence-electron chi connectivity index (χ2n) is 5.18. The Morgan fingerprint density at radius 1 is 1.19 bits per heavy atom. The Kier molecular flexibility index (Phi) is 3.27. The van der Waals surface area contributed by atoms with E-state index in [1.54, 1.807) is 5.56 Å². The fourth-order valence-corrected chi connectivity index (χ4v) is 3.41. The minimum Gasteiger partial charge on any atom is -0.309 e. The highest BCUT2D eigenvalue weighted by Gasteiger charge is 2.40. The number of nitrogens with one attached hydrogen (secondary N) is 1. The second kappa shape index (κ2) is 4.38. The van der Waals surface area contributed by atoms with E-state index in [4.69, 9.17) is 0 Å². The van der Waals surface area contributed by atoms with Crippen molar-refractivity contribution in [2.45, 2.75) is 44.1 Å². The maximum Gasteiger partial charge on any atom is 0.0295 e. The normalized spacial score (nSPS) is 26.2. The van der Waals surface area contributed by atoms with Crippen molar-refractivity contribution in [1.29, 1.82) is 0 Å². The average molecular weight is 238 g/mol. The third-order valence-electron chi connectivity index (χ3n) is 4.31. The third-order valence-corrected chi connectivity index (χ3v) is 4.31. The highest BCUT2D eigenvalue weighted by molar-refractivity contribution is 5.85. The molecule has 1 spiro atoms. The average Bonchev–Trinajstić information content (AvgIpc) is 2.74. The lowest BCUT2D eigenvalue weighted by Gasteiger charge is -2.39. The fraction of sp³-hybridized carbons (Fsp3) is 0.571. The van der Waals surface area contributed by atoms with Crippen molar-refractivity contribution in [3.63, 3.8) is 0 Å². The molecule has 1 unspecified atom stereocenters. The summed E-state index contributed by atoms with van der Waals surface area (Å²) >= 11 is 0. The van der Waals surface area contributed by atoms with Gasteiger partial charge in [0, 0.05) is 18.0 Å². The molecule has 1 aromatic rings. The van der Waals surface area contributed by atoms with Gasteiger partial charge in [-0.2, -0.15) is 0 Å². The molecule has 16 heavy (non-hydrogen) atoms. The highest BCUT2D eigenvalue weighted by Crippen LogP contribution is 2.45. The largest absolute Gasteiger partial charge is 0.309 e. The van der Waals surface area contributed by atoms with Crippen LogP contribution in [0.4, 0.5) is 0 Å². The summed E-state index contributed by atoms with van der Waals surface area (Å²) in [6.45, 7) is 3.46. The molecule has 1 aromatic carbocycles. The fourth-order valence-electron chi connectivity index (χ4n) is 3.41. The van der Waals surface area contributed by atoms with Gasteiger partial charge in [-0.15, -0.1) is 12.4 Å². The Morgan fingerprint density at radius 3 is 2.62 bits per heavy atom. The van der Waals surface area contributed by atoms with E-state index in [0.717, 1.165) is 0 Å². The Morgan fingerprint density at radius 2 is 1.88 bits per heavy atom. The molecule has 0 saturated heterocycles. The molecule has 1 fully saturated rings. The Hall–Kier alpha value is -0.530. The number of rotatable bonds is 0. The SMILES string of the molecule is CC1NCC2(CCCC2)c2ccccc21.Cl. The summed E-state index contributed by atoms with van der Waals surface area (Å²) < 4.78 is 0. The topological polar surface area (TPSA) is 12.0 Å². The Labute approximate surface area is 104 Å². The zero-order valence-corrected chi connectivity index (χ0v) is 10.6. The van der Waals surface area contributed by atoms with E-state index in [1.165, 1.54) is 37.8 Å². The van der Waals surface area contributed by atoms with Gasteiger partial charge in [0.1, 0.15) is 0 Å². The monoisotopic (exact) mass is 237 g/mol. The van der Waals surface area contributed by atoms with Crippen molar-refractivity contribution >= 4 is 12.4 Å². The lowest BCUT2D eigenvalue weighted by Crippen LogP contribution is -2.43. The van der Waals surface area contributed by atoms with Crippen LogP contribution < -0.4 is 5.32 Å². The molecule has 0 aromatic heterocycles. The third kappa shape index (κ3) is 1.66. The van der Waals surface area contributed by atoms with E-state index in [9.17, 15) is 0 Å². The van der Waals surface area contributed by atoms with Crippen LogP contribution in [0.15, 0.2) is 24.3 Å². The second-order valence-corrected chi connectivity index (χ2v) is 5.18. The number of hydrogen-bond acceptors (Lipinski definition) is 1. The van der Waals surface area contributed by atoms with Crippen LogP contribution in [0.2, 0.25) is 0 Å². The predicted molar refractivity (Wildman–Crippen MR) is 70.3 cm³/mol. The summed E-state index contributed by atoms with van der Waals surface area (Å²) in [5.74, 6) is 0. The van der Waals surface area contributed by atoms with Crippen LogP contribution in [0.5, 0.6) is 0 Å². The molecular weight excluding hydrogens is 218 g/mol. The van der Waals surface area contributed by atoms with Gasteiger partial charge in [-0.3, -0.25) is 0 Å². The van der Waals surface area contributed by atoms with Gasteiger partial charge in [0.25, 0.3) is 0 Å². The van der Waals surface area contributed by atoms with E-state index >= 15 is 0 Å². The maximum atomic E-state index is 3.67. The van der Waals surface area contributed by atoms with Crippen LogP contribution in [0.1, 0.15) is 49.8 Å². The predicted octanol–water partition coefficient (Wildman–Crippen LogP) is 3.58. The molecule has 1 heterocycles. The molecule has 1 N–H and O–H groups in total. The molecule has 1 aliphatic carbocycles. The van der Waals surface area contributed by atoms with Crippen molar-refractivity contribution in [3.8, 4) is 0 Å². The zero-order valence-electron chi connectivity index (χ0n) is 9.83. The summed E-state index contributed by atoms with van der Waals surface area (Å²) in [6, 6.07) is 9.57. The van der Waals surface area contributed by atoms with Crippen LogP contribution in [-0.2, 0) is 5.41 Å². The van der Waals surface area contributed by atoms with E-state index < -0.39 is 0 Å². The van der Waals surface area contributed by atoms with Gasteiger partial charge in [-0.1, -0.05) is 37.1 Å². The molecule has 1 aliphatic heterocycles. The van der Waals surface area contributed by atoms with Crippen molar-refractivity contribution in [1.82, 2.24) is 5.32 Å². The minimum absolute atomic E-state index is 0. The summed E-state index contributed by atoms with van der Waals surface area (Å²) in [4.78, 5) is 0. The Bertz CT molecular complexity index is 369. The summed E-state index contributed by atoms with van der Waals surface area (Å²) in [6.07, 6.45) is 5.57. The number of hydrogen-bond donors (Lipinski definition) is 1. The summed E-state index contributed by atoms with van der Waals surface area (Å²) in [5.41, 5.74) is 3.64. The smallest absolute Gasteiger partial charge is 0.0295 e. The van der Waals surface area contributed by atoms with Gasteiger partial charge in [0.2, 0.25) is 0 Å². The van der Waals surface area contributed by atoms with E-state index in [2.05, 4.69) is 36.5 Å². The number of halogens is 1. The first-order chi connectivity index (χ1) is 7.32. The van der Waals surface area contributed by atoms with Crippen molar-refractivity contribution in [3.05, 3.63) is 35.4 Å². The van der Waals surface area contributed by atoms with Crippen molar-refractivity contribution in [2.24, 2.45) is 0 Å². The highest BCUT2D eigenvalue weighted by atomic mass is 35.5. The molecule has 1 saturated carbocycles. The van der Waals surface area contributed by atoms with E-state index in [0.29, 0.717) is 11.5 Å². The lowest BCUT2D eigenvalue weighted by atomic mass is 9.73. The molecule has 0 radical (unpaired) electrons. The molecule has 2 heteroatoms. The van der Waals surface area contributed by atoms with Gasteiger partial charge in [-0.05, 0) is 30.9 Å². The number of benzene rings is 1. The standard InChI is InChI=1S/C14H19N.ClH/c1-11-12-6-2-3-7-13(12)14(10-15-11)8-4-5-9-14;/h2-3,6-7,11,15H,4-5,8-10H2,1H3;1H. The van der Waals surface area contributed by atoms with Crippen LogP contribution in [0.3, 0.4) is 0 Å². The molecule has 2 aliphatic rings. The van der Waals surface area contributed by atoms with Gasteiger partial charge in [0.15, 0.2) is 0 Å². The van der Waals surface area contributed by atoms with Gasteiger partial charge in [-0.25, -0.2) is 0 Å². The quantitative estimate of drug-likeness (QED) is 0.727. The molecule has 1 atom stereocenters. The number of fused-ring (bicyclic) bond motifs is 2. The van der Waals surface area contributed by atoms with Gasteiger partial charge >= 0.3 is 0 Å². The summed E-state index contributed by atoms with van der Waals surface area (Å²) in [5, 5.41) is 3.67. The lowest BCUT2D eigenvalue weighted by molar-refractivity contribution is 0.348. The molecule has 0 amide bonds. The molecule has 0 bridgehead atoms. The minimum atomic E-state index is 0. The molecule has 1 nitrogen and oxygen atoms in total. The van der Waals surface area contributed by atoms with Crippen molar-refractivity contribution < 1.29 is 0 Å². The zero-order chi connectivity index (χ0) is 10.3. The van der Waals surface area contributed by atoms with E-state index in [-0.39, 0.29) is 12.4 Å². The maximum absolute atomic E-state index is 3.67. The molecule has 3 rings (SSSR count). The molecule has 88 valence electrons. The van der Waals surface area contributed by atoms with Gasteiger partial charge < -0.3 is 5.32 Å². The van der Waals surface area contributed by atoms with Crippen LogP contribution >= 0.6 is 12.4 Å². The summed E-state index contributed by atoms with van der Waals surface area (Å²) in [7, 11) is 0. The Balaban J connectivity index is 0.000000963. The van der Waals surface area contributed by atoms with Crippen LogP contribution in [0, 0.1) is 0 Å². The first-order valence-electron chi connectivity index (χ1n) is 6.15. The van der Waals surface area contributed by atoms with Crippen molar-refractivity contribution in [2.75, 3.05) is 6.54 Å². The molecular formula is C14H20ClN. The van der Waals surface area contributed by atoms with Crippen LogP contribution in [0.25, 0.3) is 0 Å². The van der Waals surface area contributed by atoms with Crippen LogP contribution in [-0.4, -0.2) is 6.54 Å². The first kappa shape index (κ1) is 11.9.